The molecule has 23 heavy (non-hydrogen) atoms. The van der Waals surface area contributed by atoms with Gasteiger partial charge in [0.05, 0.1) is 6.10 Å². The van der Waals surface area contributed by atoms with E-state index in [0.717, 1.165) is 51.9 Å². The number of likely N-dealkylation sites (tertiary alicyclic amines) is 1. The Labute approximate surface area is 139 Å². The summed E-state index contributed by atoms with van der Waals surface area (Å²) in [7, 11) is 0. The molecule has 0 unspecified atom stereocenters. The lowest BCUT2D eigenvalue weighted by Crippen LogP contribution is -2.46. The Morgan fingerprint density at radius 3 is 2.26 bits per heavy atom. The number of rotatable bonds is 2. The first-order valence-corrected chi connectivity index (χ1v) is 8.83. The maximum absolute atomic E-state index is 12.6. The molecule has 4 nitrogen and oxygen atoms in total. The number of carbonyl (C=O) groups excluding carboxylic acids is 1. The number of piperidine rings is 2. The van der Waals surface area contributed by atoms with Crippen molar-refractivity contribution in [3.8, 4) is 0 Å². The number of hydrogen-bond donors (Lipinski definition) is 1. The summed E-state index contributed by atoms with van der Waals surface area (Å²) < 4.78 is 0. The highest BCUT2D eigenvalue weighted by molar-refractivity contribution is 5.79. The molecule has 2 aliphatic rings. The number of benzene rings is 1. The summed E-state index contributed by atoms with van der Waals surface area (Å²) in [4.78, 5) is 17.0. The standard InChI is InChI=1S/C19H28N2O2/c1-14-3-4-17(13-15(14)2)20-9-5-16(6-10-20)19(23)21-11-7-18(22)8-12-21/h3-4,13,16,18,22H,5-12H2,1-2H3. The lowest BCUT2D eigenvalue weighted by Gasteiger charge is -2.37. The number of aryl methyl sites for hydroxylation is 2. The molecule has 0 radical (unpaired) electrons. The lowest BCUT2D eigenvalue weighted by molar-refractivity contribution is -0.138. The molecule has 0 aromatic heterocycles. The molecule has 4 heteroatoms. The third kappa shape index (κ3) is 3.69. The van der Waals surface area contributed by atoms with Gasteiger partial charge in [0.25, 0.3) is 0 Å². The van der Waals surface area contributed by atoms with E-state index in [0.29, 0.717) is 5.91 Å². The normalized spacial score (nSPS) is 20.8. The molecule has 1 N–H and O–H groups in total. The summed E-state index contributed by atoms with van der Waals surface area (Å²) in [6.45, 7) is 7.64. The molecule has 0 aliphatic carbocycles. The van der Waals surface area contributed by atoms with E-state index in [1.165, 1.54) is 16.8 Å². The largest absolute Gasteiger partial charge is 0.393 e. The van der Waals surface area contributed by atoms with Crippen LogP contribution >= 0.6 is 0 Å². The van der Waals surface area contributed by atoms with Crippen molar-refractivity contribution in [2.75, 3.05) is 31.1 Å². The highest BCUT2D eigenvalue weighted by Crippen LogP contribution is 2.27. The molecule has 1 aromatic rings. The van der Waals surface area contributed by atoms with Gasteiger partial charge in [-0.05, 0) is 62.8 Å². The first kappa shape index (κ1) is 16.3. The Morgan fingerprint density at radius 2 is 1.65 bits per heavy atom. The van der Waals surface area contributed by atoms with Crippen LogP contribution in [-0.2, 0) is 4.79 Å². The third-order valence-corrected chi connectivity index (χ3v) is 5.48. The van der Waals surface area contributed by atoms with Crippen molar-refractivity contribution in [2.24, 2.45) is 5.92 Å². The minimum Gasteiger partial charge on any atom is -0.393 e. The van der Waals surface area contributed by atoms with E-state index in [1.54, 1.807) is 0 Å². The second-order valence-corrected chi connectivity index (χ2v) is 7.09. The van der Waals surface area contributed by atoms with Crippen LogP contribution in [0.4, 0.5) is 5.69 Å². The smallest absolute Gasteiger partial charge is 0.225 e. The quantitative estimate of drug-likeness (QED) is 0.912. The molecule has 126 valence electrons. The summed E-state index contributed by atoms with van der Waals surface area (Å²) >= 11 is 0. The number of hydrogen-bond acceptors (Lipinski definition) is 3. The van der Waals surface area contributed by atoms with Gasteiger partial charge in [0.2, 0.25) is 5.91 Å². The zero-order valence-corrected chi connectivity index (χ0v) is 14.3. The molecule has 0 spiro atoms. The van der Waals surface area contributed by atoms with Crippen LogP contribution in [0, 0.1) is 19.8 Å². The average molecular weight is 316 g/mol. The zero-order chi connectivity index (χ0) is 16.4. The number of amides is 1. The lowest BCUT2D eigenvalue weighted by atomic mass is 9.93. The van der Waals surface area contributed by atoms with E-state index in [-0.39, 0.29) is 12.0 Å². The SMILES string of the molecule is Cc1ccc(N2CCC(C(=O)N3CCC(O)CC3)CC2)cc1C. The first-order valence-electron chi connectivity index (χ1n) is 8.83. The zero-order valence-electron chi connectivity index (χ0n) is 14.3. The van der Waals surface area contributed by atoms with Crippen molar-refractivity contribution in [1.82, 2.24) is 4.90 Å². The van der Waals surface area contributed by atoms with Crippen molar-refractivity contribution >= 4 is 11.6 Å². The summed E-state index contributed by atoms with van der Waals surface area (Å²) in [5.74, 6) is 0.463. The Morgan fingerprint density at radius 1 is 1.00 bits per heavy atom. The predicted molar refractivity (Wildman–Crippen MR) is 92.7 cm³/mol. The molecule has 0 saturated carbocycles. The Hall–Kier alpha value is -1.55. The number of aliphatic hydroxyl groups is 1. The number of aliphatic hydroxyl groups excluding tert-OH is 1. The Kier molecular flexibility index (Phi) is 4.90. The molecule has 2 saturated heterocycles. The van der Waals surface area contributed by atoms with Crippen LogP contribution < -0.4 is 4.90 Å². The van der Waals surface area contributed by atoms with Crippen molar-refractivity contribution < 1.29 is 9.90 Å². The molecular weight excluding hydrogens is 288 g/mol. The maximum Gasteiger partial charge on any atom is 0.225 e. The monoisotopic (exact) mass is 316 g/mol. The third-order valence-electron chi connectivity index (χ3n) is 5.48. The maximum atomic E-state index is 12.6. The van der Waals surface area contributed by atoms with E-state index in [9.17, 15) is 9.90 Å². The van der Waals surface area contributed by atoms with Gasteiger partial charge in [0, 0.05) is 37.8 Å². The highest BCUT2D eigenvalue weighted by Gasteiger charge is 2.30. The van der Waals surface area contributed by atoms with Gasteiger partial charge in [-0.2, -0.15) is 0 Å². The molecule has 0 atom stereocenters. The van der Waals surface area contributed by atoms with E-state index >= 15 is 0 Å². The van der Waals surface area contributed by atoms with Gasteiger partial charge in [0.1, 0.15) is 0 Å². The van der Waals surface area contributed by atoms with Crippen LogP contribution in [0.3, 0.4) is 0 Å². The molecular formula is C19H28N2O2. The van der Waals surface area contributed by atoms with Crippen molar-refractivity contribution in [3.63, 3.8) is 0 Å². The van der Waals surface area contributed by atoms with Gasteiger partial charge in [-0.1, -0.05) is 6.07 Å². The fourth-order valence-electron chi connectivity index (χ4n) is 3.65. The second kappa shape index (κ2) is 6.91. The van der Waals surface area contributed by atoms with Crippen LogP contribution in [0.2, 0.25) is 0 Å². The topological polar surface area (TPSA) is 43.8 Å². The van der Waals surface area contributed by atoms with Crippen LogP contribution in [0.25, 0.3) is 0 Å². The number of nitrogens with zero attached hydrogens (tertiary/aromatic N) is 2. The van der Waals surface area contributed by atoms with Gasteiger partial charge in [0.15, 0.2) is 0 Å². The van der Waals surface area contributed by atoms with Gasteiger partial charge in [-0.3, -0.25) is 4.79 Å². The molecule has 3 rings (SSSR count). The fraction of sp³-hybridized carbons (Fsp3) is 0.632. The molecule has 2 aliphatic heterocycles. The summed E-state index contributed by atoms with van der Waals surface area (Å²) in [6, 6.07) is 6.63. The van der Waals surface area contributed by atoms with Gasteiger partial charge in [-0.25, -0.2) is 0 Å². The summed E-state index contributed by atoms with van der Waals surface area (Å²) in [6.07, 6.45) is 3.11. The van der Waals surface area contributed by atoms with Crippen LogP contribution in [0.5, 0.6) is 0 Å². The predicted octanol–water partition coefficient (Wildman–Crippen LogP) is 2.50. The Balaban J connectivity index is 1.55. The summed E-state index contributed by atoms with van der Waals surface area (Å²) in [5, 5.41) is 9.58. The highest BCUT2D eigenvalue weighted by atomic mass is 16.3. The first-order chi connectivity index (χ1) is 11.0. The van der Waals surface area contributed by atoms with Crippen molar-refractivity contribution in [1.29, 1.82) is 0 Å². The molecule has 2 heterocycles. The molecule has 0 bridgehead atoms. The van der Waals surface area contributed by atoms with Crippen LogP contribution in [0.1, 0.15) is 36.8 Å². The molecule has 1 amide bonds. The van der Waals surface area contributed by atoms with Gasteiger partial charge < -0.3 is 14.9 Å². The molecule has 1 aromatic carbocycles. The average Bonchev–Trinajstić information content (AvgIpc) is 2.57. The fourth-order valence-corrected chi connectivity index (χ4v) is 3.65. The van der Waals surface area contributed by atoms with Crippen molar-refractivity contribution in [2.45, 2.75) is 45.6 Å². The van der Waals surface area contributed by atoms with E-state index in [1.807, 2.05) is 4.90 Å². The van der Waals surface area contributed by atoms with Gasteiger partial charge in [-0.15, -0.1) is 0 Å². The van der Waals surface area contributed by atoms with Gasteiger partial charge >= 0.3 is 0 Å². The molecule has 2 fully saturated rings. The minimum absolute atomic E-state index is 0.160. The van der Waals surface area contributed by atoms with Crippen molar-refractivity contribution in [3.05, 3.63) is 29.3 Å². The van der Waals surface area contributed by atoms with E-state index < -0.39 is 0 Å². The van der Waals surface area contributed by atoms with E-state index in [2.05, 4.69) is 36.9 Å². The van der Waals surface area contributed by atoms with Crippen LogP contribution in [0.15, 0.2) is 18.2 Å². The summed E-state index contributed by atoms with van der Waals surface area (Å²) in [5.41, 5.74) is 3.93. The second-order valence-electron chi connectivity index (χ2n) is 7.09. The Bertz CT molecular complexity index is 556. The van der Waals surface area contributed by atoms with E-state index in [4.69, 9.17) is 0 Å². The number of anilines is 1. The minimum atomic E-state index is -0.217. The number of carbonyl (C=O) groups is 1. The van der Waals surface area contributed by atoms with Crippen LogP contribution in [-0.4, -0.2) is 48.2 Å².